The van der Waals surface area contributed by atoms with Gasteiger partial charge in [-0.3, -0.25) is 4.79 Å². The van der Waals surface area contributed by atoms with Crippen LogP contribution >= 0.6 is 11.8 Å². The van der Waals surface area contributed by atoms with Crippen molar-refractivity contribution in [3.8, 4) is 5.75 Å². The maximum atomic E-state index is 12.7. The monoisotopic (exact) mass is 420 g/mol. The SMILES string of the molecule is COc1cc(SC)ccc1C(=O)Nc1ccc(S(=O)(=O)N2CCCCC2)cc1. The molecule has 1 aliphatic heterocycles. The molecule has 6 nitrogen and oxygen atoms in total. The summed E-state index contributed by atoms with van der Waals surface area (Å²) in [5.74, 6) is 0.185. The number of hydrogen-bond donors (Lipinski definition) is 1. The maximum Gasteiger partial charge on any atom is 0.259 e. The van der Waals surface area contributed by atoms with E-state index in [0.29, 0.717) is 30.1 Å². The molecule has 1 N–H and O–H groups in total. The molecule has 1 aliphatic rings. The summed E-state index contributed by atoms with van der Waals surface area (Å²) in [4.78, 5) is 13.8. The number of piperidine rings is 1. The van der Waals surface area contributed by atoms with E-state index < -0.39 is 10.0 Å². The van der Waals surface area contributed by atoms with E-state index in [1.807, 2.05) is 18.4 Å². The second-order valence-corrected chi connectivity index (χ2v) is 9.33. The quantitative estimate of drug-likeness (QED) is 0.719. The van der Waals surface area contributed by atoms with Crippen molar-refractivity contribution in [3.63, 3.8) is 0 Å². The number of rotatable bonds is 6. The summed E-state index contributed by atoms with van der Waals surface area (Å²) in [6.07, 6.45) is 4.81. The van der Waals surface area contributed by atoms with Gasteiger partial charge < -0.3 is 10.1 Å². The Balaban J connectivity index is 1.75. The van der Waals surface area contributed by atoms with Crippen LogP contribution in [0.15, 0.2) is 52.3 Å². The number of methoxy groups -OCH3 is 1. The zero-order valence-electron chi connectivity index (χ0n) is 16.0. The Hall–Kier alpha value is -2.03. The number of carbonyl (C=O) groups excluding carboxylic acids is 1. The number of amides is 1. The molecule has 2 aromatic carbocycles. The molecule has 2 aromatic rings. The van der Waals surface area contributed by atoms with Crippen molar-refractivity contribution in [2.75, 3.05) is 31.8 Å². The van der Waals surface area contributed by atoms with Gasteiger partial charge in [0.1, 0.15) is 5.75 Å². The second kappa shape index (κ2) is 8.98. The van der Waals surface area contributed by atoms with Gasteiger partial charge >= 0.3 is 0 Å². The highest BCUT2D eigenvalue weighted by molar-refractivity contribution is 7.98. The van der Waals surface area contributed by atoms with Crippen LogP contribution in [0, 0.1) is 0 Å². The number of benzene rings is 2. The predicted octanol–water partition coefficient (Wildman–Crippen LogP) is 3.84. The number of ether oxygens (including phenoxy) is 1. The summed E-state index contributed by atoms with van der Waals surface area (Å²) in [5, 5.41) is 2.79. The largest absolute Gasteiger partial charge is 0.496 e. The van der Waals surface area contributed by atoms with Crippen molar-refractivity contribution >= 4 is 33.4 Å². The highest BCUT2D eigenvalue weighted by Crippen LogP contribution is 2.27. The average molecular weight is 421 g/mol. The molecule has 28 heavy (non-hydrogen) atoms. The van der Waals surface area contributed by atoms with Crippen molar-refractivity contribution in [1.29, 1.82) is 0 Å². The zero-order chi connectivity index (χ0) is 20.1. The molecule has 8 heteroatoms. The molecule has 0 unspecified atom stereocenters. The lowest BCUT2D eigenvalue weighted by molar-refractivity contribution is 0.102. The minimum Gasteiger partial charge on any atom is -0.496 e. The highest BCUT2D eigenvalue weighted by Gasteiger charge is 2.25. The number of anilines is 1. The van der Waals surface area contributed by atoms with E-state index in [4.69, 9.17) is 4.74 Å². The third-order valence-corrected chi connectivity index (χ3v) is 7.36. The summed E-state index contributed by atoms with van der Waals surface area (Å²) in [6, 6.07) is 11.7. The molecule has 1 saturated heterocycles. The van der Waals surface area contributed by atoms with Crippen molar-refractivity contribution in [2.24, 2.45) is 0 Å². The van der Waals surface area contributed by atoms with Crippen molar-refractivity contribution in [3.05, 3.63) is 48.0 Å². The van der Waals surface area contributed by atoms with Crippen LogP contribution in [-0.4, -0.2) is 45.1 Å². The third-order valence-electron chi connectivity index (χ3n) is 4.72. The molecule has 1 amide bonds. The molecule has 0 aromatic heterocycles. The lowest BCUT2D eigenvalue weighted by Gasteiger charge is -2.25. The fourth-order valence-electron chi connectivity index (χ4n) is 3.15. The Labute approximate surface area is 170 Å². The normalized spacial score (nSPS) is 15.2. The number of thioether (sulfide) groups is 1. The topological polar surface area (TPSA) is 75.7 Å². The number of sulfonamides is 1. The van der Waals surface area contributed by atoms with Crippen LogP contribution in [0.3, 0.4) is 0 Å². The van der Waals surface area contributed by atoms with Gasteiger partial charge in [0.2, 0.25) is 10.0 Å². The maximum absolute atomic E-state index is 12.7. The van der Waals surface area contributed by atoms with Crippen LogP contribution in [-0.2, 0) is 10.0 Å². The van der Waals surface area contributed by atoms with Crippen LogP contribution in [0.1, 0.15) is 29.6 Å². The number of nitrogens with zero attached hydrogens (tertiary/aromatic N) is 1. The zero-order valence-corrected chi connectivity index (χ0v) is 17.6. The number of nitrogens with one attached hydrogen (secondary N) is 1. The number of carbonyl (C=O) groups is 1. The molecule has 3 rings (SSSR count). The Bertz CT molecular complexity index is 937. The summed E-state index contributed by atoms with van der Waals surface area (Å²) in [6.45, 7) is 1.12. The van der Waals surface area contributed by atoms with Gasteiger partial charge in [-0.2, -0.15) is 4.31 Å². The van der Waals surface area contributed by atoms with Crippen LogP contribution in [0.5, 0.6) is 5.75 Å². The summed E-state index contributed by atoms with van der Waals surface area (Å²) >= 11 is 1.57. The van der Waals surface area contributed by atoms with Gasteiger partial charge in [0, 0.05) is 23.7 Å². The Morgan fingerprint density at radius 2 is 1.75 bits per heavy atom. The Morgan fingerprint density at radius 1 is 1.07 bits per heavy atom. The fourth-order valence-corrected chi connectivity index (χ4v) is 5.10. The first-order valence-corrected chi connectivity index (χ1v) is 11.8. The van der Waals surface area contributed by atoms with Gasteiger partial charge in [-0.05, 0) is 61.6 Å². The molecule has 0 bridgehead atoms. The van der Waals surface area contributed by atoms with Gasteiger partial charge in [0.05, 0.1) is 17.6 Å². The molecule has 150 valence electrons. The van der Waals surface area contributed by atoms with Crippen LogP contribution in [0.25, 0.3) is 0 Å². The molecule has 0 atom stereocenters. The lowest BCUT2D eigenvalue weighted by Crippen LogP contribution is -2.35. The first-order chi connectivity index (χ1) is 13.5. The first-order valence-electron chi connectivity index (χ1n) is 9.09. The fraction of sp³-hybridized carbons (Fsp3) is 0.350. The van der Waals surface area contributed by atoms with E-state index in [9.17, 15) is 13.2 Å². The van der Waals surface area contributed by atoms with E-state index in [1.165, 1.54) is 23.5 Å². The van der Waals surface area contributed by atoms with Crippen molar-refractivity contribution in [1.82, 2.24) is 4.31 Å². The van der Waals surface area contributed by atoms with Crippen LogP contribution in [0.2, 0.25) is 0 Å². The van der Waals surface area contributed by atoms with Crippen LogP contribution in [0.4, 0.5) is 5.69 Å². The summed E-state index contributed by atoms with van der Waals surface area (Å²) in [5.41, 5.74) is 0.948. The summed E-state index contributed by atoms with van der Waals surface area (Å²) in [7, 11) is -1.96. The van der Waals surface area contributed by atoms with Crippen molar-refractivity contribution in [2.45, 2.75) is 29.1 Å². The van der Waals surface area contributed by atoms with Gasteiger partial charge in [-0.15, -0.1) is 11.8 Å². The lowest BCUT2D eigenvalue weighted by atomic mass is 10.2. The molecular formula is C20H24N2O4S2. The first kappa shape index (κ1) is 20.7. The second-order valence-electron chi connectivity index (χ2n) is 6.51. The Morgan fingerprint density at radius 3 is 2.36 bits per heavy atom. The minimum absolute atomic E-state index is 0.245. The van der Waals surface area contributed by atoms with Gasteiger partial charge in [0.15, 0.2) is 0 Å². The van der Waals surface area contributed by atoms with Crippen molar-refractivity contribution < 1.29 is 17.9 Å². The van der Waals surface area contributed by atoms with E-state index >= 15 is 0 Å². The van der Waals surface area contributed by atoms with Gasteiger partial charge in [-0.25, -0.2) is 8.42 Å². The highest BCUT2D eigenvalue weighted by atomic mass is 32.2. The molecular weight excluding hydrogens is 396 g/mol. The van der Waals surface area contributed by atoms with Gasteiger partial charge in [-0.1, -0.05) is 6.42 Å². The van der Waals surface area contributed by atoms with Gasteiger partial charge in [0.25, 0.3) is 5.91 Å². The minimum atomic E-state index is -3.48. The molecule has 1 heterocycles. The molecule has 0 aliphatic carbocycles. The van der Waals surface area contributed by atoms with Crippen LogP contribution < -0.4 is 10.1 Å². The standard InChI is InChI=1S/C20H24N2O4S2/c1-26-19-14-16(27-2)8-11-18(19)20(23)21-15-6-9-17(10-7-15)28(24,25)22-12-4-3-5-13-22/h6-11,14H,3-5,12-13H2,1-2H3,(H,21,23). The predicted molar refractivity (Wildman–Crippen MR) is 112 cm³/mol. The third kappa shape index (κ3) is 4.51. The average Bonchev–Trinajstić information content (AvgIpc) is 2.74. The smallest absolute Gasteiger partial charge is 0.259 e. The molecule has 0 spiro atoms. The van der Waals surface area contributed by atoms with E-state index in [1.54, 1.807) is 30.0 Å². The molecule has 1 fully saturated rings. The summed E-state index contributed by atoms with van der Waals surface area (Å²) < 4.78 is 32.3. The molecule has 0 saturated carbocycles. The Kier molecular flexibility index (Phi) is 6.64. The van der Waals surface area contributed by atoms with E-state index in [0.717, 1.165) is 24.2 Å². The van der Waals surface area contributed by atoms with E-state index in [-0.39, 0.29) is 10.8 Å². The molecule has 0 radical (unpaired) electrons. The van der Waals surface area contributed by atoms with E-state index in [2.05, 4.69) is 5.32 Å². The number of hydrogen-bond acceptors (Lipinski definition) is 5.